The zero-order valence-corrected chi connectivity index (χ0v) is 15.9. The van der Waals surface area contributed by atoms with E-state index in [1.54, 1.807) is 12.3 Å². The summed E-state index contributed by atoms with van der Waals surface area (Å²) in [7, 11) is 0. The van der Waals surface area contributed by atoms with E-state index in [2.05, 4.69) is 9.97 Å². The first-order valence-electron chi connectivity index (χ1n) is 9.55. The average molecular weight is 401 g/mol. The van der Waals surface area contributed by atoms with Gasteiger partial charge in [-0.2, -0.15) is 0 Å². The van der Waals surface area contributed by atoms with E-state index in [0.29, 0.717) is 36.4 Å². The zero-order chi connectivity index (χ0) is 20.5. The summed E-state index contributed by atoms with van der Waals surface area (Å²) in [4.78, 5) is 21.1. The molecule has 1 N–H and O–H groups in total. The number of aromatic nitrogens is 3. The number of halogens is 2. The van der Waals surface area contributed by atoms with E-state index in [1.165, 1.54) is 18.2 Å². The van der Waals surface area contributed by atoms with Crippen LogP contribution in [-0.2, 0) is 6.42 Å². The van der Waals surface area contributed by atoms with E-state index in [0.717, 1.165) is 5.69 Å². The Kier molecular flexibility index (Phi) is 5.27. The number of imidazole rings is 1. The van der Waals surface area contributed by atoms with Crippen molar-refractivity contribution in [2.45, 2.75) is 44.6 Å². The number of aliphatic hydroxyl groups is 1. The standard InChI is InChI=1S/C21H21F2N3O3/c1-2-29-19-9-20-25-17(12-6-14(27)7-12)11-26(20)10-13(19)8-18(28)15-4-3-5-16(24-15)21(22)23/h3-5,9-12,14,21,27H,2,6-8H2,1H3. The second-order valence-corrected chi connectivity index (χ2v) is 7.20. The highest BCUT2D eigenvalue weighted by Gasteiger charge is 2.30. The highest BCUT2D eigenvalue weighted by atomic mass is 19.3. The predicted octanol–water partition coefficient (Wildman–Crippen LogP) is 3.73. The van der Waals surface area contributed by atoms with E-state index in [4.69, 9.17) is 4.74 Å². The molecule has 1 aliphatic rings. The SMILES string of the molecule is CCOc1cc2nc(C3CC(O)C3)cn2cc1CC(=O)c1cccc(C(F)F)n1. The van der Waals surface area contributed by atoms with Crippen molar-refractivity contribution in [1.82, 2.24) is 14.4 Å². The molecule has 0 saturated heterocycles. The predicted molar refractivity (Wildman–Crippen MR) is 102 cm³/mol. The van der Waals surface area contributed by atoms with Gasteiger partial charge in [0, 0.05) is 36.4 Å². The first kappa shape index (κ1) is 19.4. The lowest BCUT2D eigenvalue weighted by atomic mass is 9.80. The van der Waals surface area contributed by atoms with Crippen LogP contribution in [-0.4, -0.2) is 38.0 Å². The summed E-state index contributed by atoms with van der Waals surface area (Å²) >= 11 is 0. The minimum Gasteiger partial charge on any atom is -0.493 e. The summed E-state index contributed by atoms with van der Waals surface area (Å²) < 4.78 is 33.3. The molecule has 152 valence electrons. The number of hydrogen-bond donors (Lipinski definition) is 1. The highest BCUT2D eigenvalue weighted by molar-refractivity contribution is 5.96. The molecule has 1 saturated carbocycles. The van der Waals surface area contributed by atoms with Crippen LogP contribution in [0.2, 0.25) is 0 Å². The third kappa shape index (κ3) is 3.98. The monoisotopic (exact) mass is 401 g/mol. The molecule has 0 spiro atoms. The van der Waals surface area contributed by atoms with Crippen LogP contribution >= 0.6 is 0 Å². The van der Waals surface area contributed by atoms with Crippen LogP contribution in [0.5, 0.6) is 5.75 Å². The van der Waals surface area contributed by atoms with E-state index < -0.39 is 12.1 Å². The summed E-state index contributed by atoms with van der Waals surface area (Å²) in [5, 5.41) is 9.53. The first-order valence-corrected chi connectivity index (χ1v) is 9.55. The second kappa shape index (κ2) is 7.87. The van der Waals surface area contributed by atoms with Gasteiger partial charge in [0.25, 0.3) is 6.43 Å². The minimum absolute atomic E-state index is 0.000112. The van der Waals surface area contributed by atoms with Crippen molar-refractivity contribution in [1.29, 1.82) is 0 Å². The van der Waals surface area contributed by atoms with Crippen LogP contribution in [0.25, 0.3) is 5.65 Å². The van der Waals surface area contributed by atoms with Gasteiger partial charge in [-0.05, 0) is 31.9 Å². The summed E-state index contributed by atoms with van der Waals surface area (Å²) in [6, 6.07) is 5.81. The molecule has 3 aromatic rings. The van der Waals surface area contributed by atoms with Gasteiger partial charge >= 0.3 is 0 Å². The smallest absolute Gasteiger partial charge is 0.280 e. The van der Waals surface area contributed by atoms with E-state index in [-0.39, 0.29) is 29.9 Å². The molecule has 1 aliphatic carbocycles. The zero-order valence-electron chi connectivity index (χ0n) is 15.9. The van der Waals surface area contributed by atoms with Crippen molar-refractivity contribution >= 4 is 11.4 Å². The maximum absolute atomic E-state index is 12.9. The Labute approximate surface area is 166 Å². The van der Waals surface area contributed by atoms with Gasteiger partial charge in [-0.15, -0.1) is 0 Å². The van der Waals surface area contributed by atoms with Gasteiger partial charge in [0.1, 0.15) is 22.8 Å². The van der Waals surface area contributed by atoms with Gasteiger partial charge in [-0.3, -0.25) is 4.79 Å². The van der Waals surface area contributed by atoms with E-state index >= 15 is 0 Å². The Hall–Kier alpha value is -2.87. The minimum atomic E-state index is -2.73. The molecule has 0 bridgehead atoms. The fraction of sp³-hybridized carbons (Fsp3) is 0.381. The lowest BCUT2D eigenvalue weighted by molar-refractivity contribution is 0.0734. The Bertz CT molecular complexity index is 1040. The van der Waals surface area contributed by atoms with Gasteiger partial charge in [0.2, 0.25) is 0 Å². The number of rotatable bonds is 7. The lowest BCUT2D eigenvalue weighted by Crippen LogP contribution is -2.26. The average Bonchev–Trinajstić information content (AvgIpc) is 3.08. The molecule has 3 aromatic heterocycles. The van der Waals surface area contributed by atoms with Gasteiger partial charge in [-0.1, -0.05) is 6.07 Å². The molecule has 0 aliphatic heterocycles. The fourth-order valence-corrected chi connectivity index (χ4v) is 3.52. The molecular formula is C21H21F2N3O3. The summed E-state index contributed by atoms with van der Waals surface area (Å²) in [6.45, 7) is 2.26. The van der Waals surface area contributed by atoms with Crippen LogP contribution in [0, 0.1) is 0 Å². The normalized spacial score (nSPS) is 18.8. The number of fused-ring (bicyclic) bond motifs is 1. The van der Waals surface area contributed by atoms with E-state index in [9.17, 15) is 18.7 Å². The number of ketones is 1. The van der Waals surface area contributed by atoms with E-state index in [1.807, 2.05) is 17.5 Å². The molecule has 0 unspecified atom stereocenters. The van der Waals surface area contributed by atoms with Crippen LogP contribution in [0.4, 0.5) is 8.78 Å². The maximum Gasteiger partial charge on any atom is 0.280 e. The van der Waals surface area contributed by atoms with Crippen LogP contribution in [0.15, 0.2) is 36.7 Å². The molecule has 1 fully saturated rings. The third-order valence-corrected chi connectivity index (χ3v) is 5.11. The Morgan fingerprint density at radius 1 is 1.31 bits per heavy atom. The van der Waals surface area contributed by atoms with Crippen LogP contribution in [0.3, 0.4) is 0 Å². The van der Waals surface area contributed by atoms with Gasteiger partial charge < -0.3 is 14.2 Å². The number of ether oxygens (including phenoxy) is 1. The molecule has 3 heterocycles. The first-order chi connectivity index (χ1) is 13.9. The Morgan fingerprint density at radius 3 is 2.79 bits per heavy atom. The topological polar surface area (TPSA) is 76.7 Å². The van der Waals surface area contributed by atoms with Crippen molar-refractivity contribution in [2.75, 3.05) is 6.61 Å². The van der Waals surface area contributed by atoms with Gasteiger partial charge in [0.05, 0.1) is 18.4 Å². The number of carbonyl (C=O) groups is 1. The van der Waals surface area contributed by atoms with Crippen LogP contribution in [0.1, 0.15) is 59.5 Å². The Balaban J connectivity index is 1.63. The largest absolute Gasteiger partial charge is 0.493 e. The second-order valence-electron chi connectivity index (χ2n) is 7.20. The molecule has 0 aromatic carbocycles. The highest BCUT2D eigenvalue weighted by Crippen LogP contribution is 2.36. The van der Waals surface area contributed by atoms with Gasteiger partial charge in [0.15, 0.2) is 5.78 Å². The Morgan fingerprint density at radius 2 is 2.10 bits per heavy atom. The molecule has 8 heteroatoms. The number of hydrogen-bond acceptors (Lipinski definition) is 5. The molecule has 0 atom stereocenters. The molecule has 0 amide bonds. The van der Waals surface area contributed by atoms with Crippen molar-refractivity contribution in [3.63, 3.8) is 0 Å². The number of alkyl halides is 2. The number of aliphatic hydroxyl groups excluding tert-OH is 1. The molecule has 0 radical (unpaired) electrons. The maximum atomic E-state index is 12.9. The van der Waals surface area contributed by atoms with Gasteiger partial charge in [-0.25, -0.2) is 18.7 Å². The number of carbonyl (C=O) groups excluding carboxylic acids is 1. The molecular weight excluding hydrogens is 380 g/mol. The summed E-state index contributed by atoms with van der Waals surface area (Å²) in [5.41, 5.74) is 1.80. The summed E-state index contributed by atoms with van der Waals surface area (Å²) in [6.07, 6.45) is 2.03. The molecule has 6 nitrogen and oxygen atoms in total. The lowest BCUT2D eigenvalue weighted by Gasteiger charge is -2.29. The number of nitrogens with zero attached hydrogens (tertiary/aromatic N) is 3. The van der Waals surface area contributed by atoms with Crippen molar-refractivity contribution in [3.8, 4) is 5.75 Å². The number of Topliss-reactive ketones (excluding diaryl/α,β-unsaturated/α-hetero) is 1. The number of pyridine rings is 2. The molecule has 29 heavy (non-hydrogen) atoms. The van der Waals surface area contributed by atoms with Crippen molar-refractivity contribution in [3.05, 3.63) is 59.3 Å². The quantitative estimate of drug-likeness (QED) is 0.611. The van der Waals surface area contributed by atoms with Crippen LogP contribution < -0.4 is 4.74 Å². The van der Waals surface area contributed by atoms with Crippen molar-refractivity contribution < 1.29 is 23.4 Å². The fourth-order valence-electron chi connectivity index (χ4n) is 3.52. The van der Waals surface area contributed by atoms with Crippen molar-refractivity contribution in [2.24, 2.45) is 0 Å². The summed E-state index contributed by atoms with van der Waals surface area (Å²) in [5.74, 6) is 0.395. The third-order valence-electron chi connectivity index (χ3n) is 5.11. The molecule has 4 rings (SSSR count).